The van der Waals surface area contributed by atoms with Crippen molar-refractivity contribution in [2.75, 3.05) is 47.9 Å². The second-order valence-corrected chi connectivity index (χ2v) is 10.7. The Morgan fingerprint density at radius 1 is 1.10 bits per heavy atom. The summed E-state index contributed by atoms with van der Waals surface area (Å²) in [5.74, 6) is 0.449. The van der Waals surface area contributed by atoms with Crippen LogP contribution in [0.5, 0.6) is 6.01 Å². The van der Waals surface area contributed by atoms with Crippen LogP contribution in [0.25, 0.3) is 32.9 Å². The van der Waals surface area contributed by atoms with Gasteiger partial charge < -0.3 is 19.4 Å². The lowest BCUT2D eigenvalue weighted by atomic mass is 9.98. The van der Waals surface area contributed by atoms with Crippen LogP contribution < -0.4 is 4.74 Å². The standard InChI is InChI=1S/C31H35N7O2/c1-32-26-14-12-25(13-15-26)28-27(24-10-8-22(9-11-24)20-37(5)31(39)35(2)3)29-33-16-18-38(29)30(34-28)40-21-23-7-6-17-36(4)19-23/h8-16,18,23H,6-7,17,19-21H2,2-5H3/t23-/m1/s1. The van der Waals surface area contributed by atoms with E-state index < -0.39 is 0 Å². The fourth-order valence-electron chi connectivity index (χ4n) is 5.29. The van der Waals surface area contributed by atoms with Gasteiger partial charge in [0.2, 0.25) is 0 Å². The first kappa shape index (κ1) is 27.2. The van der Waals surface area contributed by atoms with Crippen LogP contribution in [-0.4, -0.2) is 83.0 Å². The van der Waals surface area contributed by atoms with Gasteiger partial charge in [0.15, 0.2) is 11.3 Å². The largest absolute Gasteiger partial charge is 0.464 e. The third-order valence-electron chi connectivity index (χ3n) is 7.33. The van der Waals surface area contributed by atoms with Gasteiger partial charge in [0.05, 0.1) is 24.4 Å². The number of hydrogen-bond acceptors (Lipinski definition) is 5. The number of hydrogen-bond donors (Lipinski definition) is 0. The Labute approximate surface area is 235 Å². The number of carbonyl (C=O) groups excluding carboxylic acids is 1. The maximum atomic E-state index is 12.3. The molecule has 0 unspecified atom stereocenters. The van der Waals surface area contributed by atoms with Gasteiger partial charge >= 0.3 is 12.0 Å². The highest BCUT2D eigenvalue weighted by Gasteiger charge is 2.22. The third kappa shape index (κ3) is 5.77. The van der Waals surface area contributed by atoms with Gasteiger partial charge in [-0.25, -0.2) is 14.6 Å². The molecule has 5 rings (SSSR count). The van der Waals surface area contributed by atoms with Gasteiger partial charge in [-0.2, -0.15) is 4.98 Å². The summed E-state index contributed by atoms with van der Waals surface area (Å²) in [4.78, 5) is 31.2. The summed E-state index contributed by atoms with van der Waals surface area (Å²) in [6.07, 6.45) is 5.97. The molecule has 4 aromatic rings. The lowest BCUT2D eigenvalue weighted by Crippen LogP contribution is -2.35. The van der Waals surface area contributed by atoms with Gasteiger partial charge in [0, 0.05) is 52.5 Å². The number of amides is 2. The number of fused-ring (bicyclic) bond motifs is 1. The summed E-state index contributed by atoms with van der Waals surface area (Å²) < 4.78 is 8.28. The van der Waals surface area contributed by atoms with E-state index in [1.54, 1.807) is 37.1 Å². The minimum absolute atomic E-state index is 0.0482. The smallest absolute Gasteiger partial charge is 0.319 e. The maximum Gasteiger partial charge on any atom is 0.319 e. The molecule has 1 saturated heterocycles. The van der Waals surface area contributed by atoms with Crippen molar-refractivity contribution in [2.45, 2.75) is 19.4 Å². The van der Waals surface area contributed by atoms with Crippen molar-refractivity contribution in [1.29, 1.82) is 0 Å². The number of urea groups is 1. The average Bonchev–Trinajstić information content (AvgIpc) is 3.46. The van der Waals surface area contributed by atoms with Crippen molar-refractivity contribution in [3.63, 3.8) is 0 Å². The molecule has 1 aliphatic heterocycles. The van der Waals surface area contributed by atoms with E-state index in [0.717, 1.165) is 53.1 Å². The third-order valence-corrected chi connectivity index (χ3v) is 7.33. The zero-order valence-corrected chi connectivity index (χ0v) is 23.5. The SMILES string of the molecule is [C-]#[N+]c1ccc(-c2nc(OC[C@@H]3CCCN(C)C3)n3ccnc3c2-c2ccc(CN(C)C(=O)N(C)C)cc2)cc1. The van der Waals surface area contributed by atoms with Crippen molar-refractivity contribution in [3.05, 3.63) is 77.9 Å². The van der Waals surface area contributed by atoms with Crippen molar-refractivity contribution in [1.82, 2.24) is 29.1 Å². The molecule has 1 fully saturated rings. The Morgan fingerprint density at radius 2 is 1.82 bits per heavy atom. The van der Waals surface area contributed by atoms with Gasteiger partial charge in [0.25, 0.3) is 0 Å². The highest BCUT2D eigenvalue weighted by Crippen LogP contribution is 2.37. The number of imidazole rings is 1. The first-order valence-corrected chi connectivity index (χ1v) is 13.5. The highest BCUT2D eigenvalue weighted by molar-refractivity contribution is 5.90. The number of piperidine rings is 1. The van der Waals surface area contributed by atoms with E-state index in [4.69, 9.17) is 21.3 Å². The van der Waals surface area contributed by atoms with Crippen LogP contribution in [0.3, 0.4) is 0 Å². The summed E-state index contributed by atoms with van der Waals surface area (Å²) in [7, 11) is 7.45. The van der Waals surface area contributed by atoms with E-state index in [0.29, 0.717) is 30.8 Å². The van der Waals surface area contributed by atoms with Crippen LogP contribution in [-0.2, 0) is 6.54 Å². The molecule has 1 atom stereocenters. The van der Waals surface area contributed by atoms with Crippen molar-refractivity contribution in [3.8, 4) is 28.4 Å². The molecule has 206 valence electrons. The molecule has 0 N–H and O–H groups in total. The van der Waals surface area contributed by atoms with E-state index in [1.807, 2.05) is 59.1 Å². The van der Waals surface area contributed by atoms with E-state index >= 15 is 0 Å². The second-order valence-electron chi connectivity index (χ2n) is 10.7. The van der Waals surface area contributed by atoms with Gasteiger partial charge in [-0.3, -0.25) is 4.40 Å². The predicted molar refractivity (Wildman–Crippen MR) is 156 cm³/mol. The number of likely N-dealkylation sites (tertiary alicyclic amines) is 1. The van der Waals surface area contributed by atoms with Gasteiger partial charge in [-0.1, -0.05) is 48.5 Å². The molecule has 0 spiro atoms. The Morgan fingerprint density at radius 3 is 2.50 bits per heavy atom. The van der Waals surface area contributed by atoms with E-state index in [9.17, 15) is 4.79 Å². The van der Waals surface area contributed by atoms with Crippen molar-refractivity contribution in [2.24, 2.45) is 5.92 Å². The number of ether oxygens (including phenoxy) is 1. The normalized spacial score (nSPS) is 15.5. The fraction of sp³-hybridized carbons (Fsp3) is 0.355. The first-order chi connectivity index (χ1) is 19.3. The second kappa shape index (κ2) is 11.8. The lowest BCUT2D eigenvalue weighted by Gasteiger charge is -2.29. The molecule has 9 nitrogen and oxygen atoms in total. The molecule has 2 aromatic carbocycles. The molecule has 3 heterocycles. The molecule has 2 aromatic heterocycles. The van der Waals surface area contributed by atoms with Crippen LogP contribution in [0.1, 0.15) is 18.4 Å². The zero-order chi connectivity index (χ0) is 28.2. The molecule has 0 bridgehead atoms. The Hall–Kier alpha value is -4.42. The van der Waals surface area contributed by atoms with Gasteiger partial charge in [-0.05, 0) is 43.1 Å². The maximum absolute atomic E-state index is 12.3. The van der Waals surface area contributed by atoms with Crippen molar-refractivity contribution < 1.29 is 9.53 Å². The molecule has 0 radical (unpaired) electrons. The van der Waals surface area contributed by atoms with E-state index in [-0.39, 0.29) is 6.03 Å². The lowest BCUT2D eigenvalue weighted by molar-refractivity contribution is 0.143. The Bertz CT molecular complexity index is 1520. The van der Waals surface area contributed by atoms with Crippen LogP contribution in [0, 0.1) is 12.5 Å². The first-order valence-electron chi connectivity index (χ1n) is 13.5. The minimum atomic E-state index is -0.0482. The number of aromatic nitrogens is 3. The van der Waals surface area contributed by atoms with Crippen LogP contribution in [0.15, 0.2) is 60.9 Å². The van der Waals surface area contributed by atoms with Crippen molar-refractivity contribution >= 4 is 17.4 Å². The summed E-state index contributed by atoms with van der Waals surface area (Å²) in [5.41, 5.74) is 5.82. The fourth-order valence-corrected chi connectivity index (χ4v) is 5.29. The monoisotopic (exact) mass is 537 g/mol. The Kier molecular flexibility index (Phi) is 7.99. The predicted octanol–water partition coefficient (Wildman–Crippen LogP) is 5.45. The van der Waals surface area contributed by atoms with Crippen LogP contribution in [0.2, 0.25) is 0 Å². The minimum Gasteiger partial charge on any atom is -0.464 e. The number of carbonyl (C=O) groups is 1. The summed E-state index contributed by atoms with van der Waals surface area (Å²) in [6.45, 7) is 10.6. The zero-order valence-electron chi connectivity index (χ0n) is 23.5. The molecule has 2 amide bonds. The topological polar surface area (TPSA) is 70.6 Å². The molecular formula is C31H35N7O2. The molecule has 40 heavy (non-hydrogen) atoms. The molecule has 0 aliphatic carbocycles. The number of benzene rings is 2. The number of rotatable bonds is 7. The van der Waals surface area contributed by atoms with Gasteiger partial charge in [-0.15, -0.1) is 0 Å². The van der Waals surface area contributed by atoms with E-state index in [1.165, 1.54) is 6.42 Å². The number of nitrogens with zero attached hydrogens (tertiary/aromatic N) is 7. The van der Waals surface area contributed by atoms with E-state index in [2.05, 4.69) is 16.8 Å². The summed E-state index contributed by atoms with van der Waals surface area (Å²) in [6, 6.07) is 16.1. The summed E-state index contributed by atoms with van der Waals surface area (Å²) in [5, 5.41) is 0. The highest BCUT2D eigenvalue weighted by atomic mass is 16.5. The molecular weight excluding hydrogens is 502 g/mol. The summed E-state index contributed by atoms with van der Waals surface area (Å²) >= 11 is 0. The van der Waals surface area contributed by atoms with Crippen LogP contribution >= 0.6 is 0 Å². The quantitative estimate of drug-likeness (QED) is 0.293. The molecule has 1 aliphatic rings. The van der Waals surface area contributed by atoms with Crippen LogP contribution in [0.4, 0.5) is 10.5 Å². The Balaban J connectivity index is 1.53. The molecule has 9 heteroatoms. The molecule has 0 saturated carbocycles. The average molecular weight is 538 g/mol. The van der Waals surface area contributed by atoms with Gasteiger partial charge in [0.1, 0.15) is 0 Å².